The molecule has 0 saturated heterocycles. The summed E-state index contributed by atoms with van der Waals surface area (Å²) in [6.45, 7) is 4.25. The van der Waals surface area contributed by atoms with Crippen LogP contribution in [0.25, 0.3) is 27.8 Å². The second kappa shape index (κ2) is 4.34. The quantitative estimate of drug-likeness (QED) is 0.587. The normalized spacial score (nSPS) is 11.9. The molecule has 1 nitrogen and oxygen atoms in total. The van der Waals surface area contributed by atoms with Crippen LogP contribution in [0.15, 0.2) is 46.9 Å². The molecule has 0 unspecified atom stereocenters. The number of hydrogen-bond acceptors (Lipinski definition) is 1. The van der Waals surface area contributed by atoms with E-state index in [4.69, 9.17) is 4.42 Å². The summed E-state index contributed by atoms with van der Waals surface area (Å²) in [4.78, 5) is 0. The van der Waals surface area contributed by atoms with Crippen LogP contribution in [0, 0.1) is 6.92 Å². The molecule has 0 saturated carbocycles. The summed E-state index contributed by atoms with van der Waals surface area (Å²) in [5, 5.41) is 3.63. The molecule has 2 aromatic carbocycles. The van der Waals surface area contributed by atoms with Gasteiger partial charge in [-0.3, -0.25) is 0 Å². The Morgan fingerprint density at radius 2 is 1.89 bits per heavy atom. The van der Waals surface area contributed by atoms with Gasteiger partial charge in [-0.05, 0) is 24.8 Å². The van der Waals surface area contributed by atoms with Crippen LogP contribution in [0.2, 0.25) is 0 Å². The lowest BCUT2D eigenvalue weighted by Crippen LogP contribution is -1.74. The number of aryl methyl sites for hydroxylation is 1. The fraction of sp³-hybridized carbons (Fsp3) is 0.176. The van der Waals surface area contributed by atoms with E-state index in [1.54, 1.807) is 0 Å². The second-order valence-electron chi connectivity index (χ2n) is 4.57. The maximum atomic E-state index is 6.03. The average molecular weight is 236 g/mol. The molecule has 0 amide bonds. The molecular weight excluding hydrogens is 220 g/mol. The number of furan rings is 1. The Bertz CT molecular complexity index is 732. The van der Waals surface area contributed by atoms with Crippen LogP contribution in [0.3, 0.4) is 0 Å². The summed E-state index contributed by atoms with van der Waals surface area (Å²) in [7, 11) is 0. The molecule has 0 aliphatic carbocycles. The number of allylic oxidation sites excluding steroid dienone is 1. The summed E-state index contributed by atoms with van der Waals surface area (Å²) in [6, 6.07) is 12.7. The SMILES string of the molecule is CC/C=C\c1oc2c(ccc3ccccc32)c1C. The predicted molar refractivity (Wildman–Crippen MR) is 77.8 cm³/mol. The zero-order chi connectivity index (χ0) is 12.5. The van der Waals surface area contributed by atoms with Gasteiger partial charge >= 0.3 is 0 Å². The van der Waals surface area contributed by atoms with E-state index >= 15 is 0 Å². The van der Waals surface area contributed by atoms with E-state index < -0.39 is 0 Å². The largest absolute Gasteiger partial charge is 0.456 e. The minimum absolute atomic E-state index is 0.975. The van der Waals surface area contributed by atoms with E-state index in [-0.39, 0.29) is 0 Å². The van der Waals surface area contributed by atoms with Crippen molar-refractivity contribution in [2.45, 2.75) is 20.3 Å². The highest BCUT2D eigenvalue weighted by molar-refractivity contribution is 6.06. The van der Waals surface area contributed by atoms with Crippen LogP contribution in [0.5, 0.6) is 0 Å². The summed E-state index contributed by atoms with van der Waals surface area (Å²) in [6.07, 6.45) is 5.23. The van der Waals surface area contributed by atoms with E-state index in [1.807, 2.05) is 0 Å². The van der Waals surface area contributed by atoms with Crippen LogP contribution in [0.4, 0.5) is 0 Å². The molecule has 0 N–H and O–H groups in total. The van der Waals surface area contributed by atoms with Crippen LogP contribution in [-0.4, -0.2) is 0 Å². The molecule has 0 aliphatic rings. The van der Waals surface area contributed by atoms with Crippen LogP contribution in [-0.2, 0) is 0 Å². The zero-order valence-corrected chi connectivity index (χ0v) is 10.7. The number of fused-ring (bicyclic) bond motifs is 3. The molecule has 18 heavy (non-hydrogen) atoms. The van der Waals surface area contributed by atoms with Gasteiger partial charge in [0.2, 0.25) is 0 Å². The first kappa shape index (κ1) is 11.1. The van der Waals surface area contributed by atoms with Gasteiger partial charge in [-0.25, -0.2) is 0 Å². The van der Waals surface area contributed by atoms with Crippen molar-refractivity contribution in [2.24, 2.45) is 0 Å². The number of benzene rings is 2. The van der Waals surface area contributed by atoms with E-state index in [2.05, 4.69) is 62.4 Å². The molecule has 1 heterocycles. The topological polar surface area (TPSA) is 13.1 Å². The minimum atomic E-state index is 0.975. The monoisotopic (exact) mass is 236 g/mol. The third kappa shape index (κ3) is 1.63. The highest BCUT2D eigenvalue weighted by atomic mass is 16.3. The third-order valence-corrected chi connectivity index (χ3v) is 3.37. The molecule has 3 aromatic rings. The van der Waals surface area contributed by atoms with Gasteiger partial charge in [-0.15, -0.1) is 0 Å². The van der Waals surface area contributed by atoms with Gasteiger partial charge in [-0.2, -0.15) is 0 Å². The van der Waals surface area contributed by atoms with Gasteiger partial charge in [-0.1, -0.05) is 49.4 Å². The first-order valence-corrected chi connectivity index (χ1v) is 6.38. The van der Waals surface area contributed by atoms with E-state index in [0.29, 0.717) is 0 Å². The van der Waals surface area contributed by atoms with Gasteiger partial charge < -0.3 is 4.42 Å². The minimum Gasteiger partial charge on any atom is -0.456 e. The second-order valence-corrected chi connectivity index (χ2v) is 4.57. The molecule has 0 spiro atoms. The Morgan fingerprint density at radius 1 is 1.06 bits per heavy atom. The third-order valence-electron chi connectivity index (χ3n) is 3.37. The van der Waals surface area contributed by atoms with Crippen molar-refractivity contribution in [1.29, 1.82) is 0 Å². The average Bonchev–Trinajstić information content (AvgIpc) is 2.74. The molecule has 0 aliphatic heterocycles. The summed E-state index contributed by atoms with van der Waals surface area (Å²) in [5.74, 6) is 0.975. The fourth-order valence-electron chi connectivity index (χ4n) is 2.35. The van der Waals surface area contributed by atoms with E-state index in [9.17, 15) is 0 Å². The van der Waals surface area contributed by atoms with Crippen molar-refractivity contribution in [2.75, 3.05) is 0 Å². The Hall–Kier alpha value is -2.02. The standard InChI is InChI=1S/C17H16O/c1-3-4-9-16-12(2)14-11-10-13-7-5-6-8-15(13)17(14)18-16/h4-11H,3H2,1-2H3/b9-4-. The molecule has 1 aromatic heterocycles. The highest BCUT2D eigenvalue weighted by Gasteiger charge is 2.10. The maximum absolute atomic E-state index is 6.03. The Kier molecular flexibility index (Phi) is 2.67. The first-order valence-electron chi connectivity index (χ1n) is 6.38. The van der Waals surface area contributed by atoms with Gasteiger partial charge in [0.05, 0.1) is 0 Å². The number of hydrogen-bond donors (Lipinski definition) is 0. The Morgan fingerprint density at radius 3 is 2.72 bits per heavy atom. The first-order chi connectivity index (χ1) is 8.81. The van der Waals surface area contributed by atoms with Crippen LogP contribution in [0.1, 0.15) is 24.7 Å². The van der Waals surface area contributed by atoms with Crippen LogP contribution >= 0.6 is 0 Å². The number of rotatable bonds is 2. The summed E-state index contributed by atoms with van der Waals surface area (Å²) >= 11 is 0. The summed E-state index contributed by atoms with van der Waals surface area (Å²) < 4.78 is 6.03. The van der Waals surface area contributed by atoms with Crippen molar-refractivity contribution in [3.8, 4) is 0 Å². The van der Waals surface area contributed by atoms with Crippen molar-refractivity contribution in [1.82, 2.24) is 0 Å². The summed E-state index contributed by atoms with van der Waals surface area (Å²) in [5.41, 5.74) is 2.22. The Balaban J connectivity index is 2.35. The molecule has 3 rings (SSSR count). The predicted octanol–water partition coefficient (Wildman–Crippen LogP) is 5.32. The van der Waals surface area contributed by atoms with Gasteiger partial charge in [0, 0.05) is 16.3 Å². The van der Waals surface area contributed by atoms with E-state index in [1.165, 1.54) is 21.7 Å². The van der Waals surface area contributed by atoms with Gasteiger partial charge in [0.15, 0.2) is 0 Å². The van der Waals surface area contributed by atoms with Crippen molar-refractivity contribution < 1.29 is 4.42 Å². The molecule has 0 fully saturated rings. The van der Waals surface area contributed by atoms with Gasteiger partial charge in [0.1, 0.15) is 11.3 Å². The van der Waals surface area contributed by atoms with Crippen molar-refractivity contribution in [3.63, 3.8) is 0 Å². The molecule has 1 heteroatoms. The smallest absolute Gasteiger partial charge is 0.142 e. The Labute approximate surface area is 107 Å². The molecule has 0 atom stereocenters. The fourth-order valence-corrected chi connectivity index (χ4v) is 2.35. The van der Waals surface area contributed by atoms with Crippen LogP contribution < -0.4 is 0 Å². The highest BCUT2D eigenvalue weighted by Crippen LogP contribution is 2.32. The van der Waals surface area contributed by atoms with Gasteiger partial charge in [0.25, 0.3) is 0 Å². The lowest BCUT2D eigenvalue weighted by atomic mass is 10.1. The lowest BCUT2D eigenvalue weighted by Gasteiger charge is -1.97. The molecule has 0 bridgehead atoms. The van der Waals surface area contributed by atoms with Crippen molar-refractivity contribution >= 4 is 27.8 Å². The zero-order valence-electron chi connectivity index (χ0n) is 10.7. The molecule has 0 radical (unpaired) electrons. The lowest BCUT2D eigenvalue weighted by molar-refractivity contribution is 0.604. The van der Waals surface area contributed by atoms with Crippen molar-refractivity contribution in [3.05, 3.63) is 53.8 Å². The molecule has 90 valence electrons. The van der Waals surface area contributed by atoms with E-state index in [0.717, 1.165) is 17.8 Å². The molecular formula is C17H16O. The maximum Gasteiger partial charge on any atom is 0.142 e.